The second kappa shape index (κ2) is 7.55. The monoisotopic (exact) mass is 375 g/mol. The van der Waals surface area contributed by atoms with Crippen LogP contribution in [-0.4, -0.2) is 22.5 Å². The molecule has 0 saturated heterocycles. The first-order valence-electron chi connectivity index (χ1n) is 8.48. The van der Waals surface area contributed by atoms with Crippen molar-refractivity contribution in [2.45, 2.75) is 6.92 Å². The third-order valence-corrected chi connectivity index (χ3v) is 4.79. The molecule has 6 heteroatoms. The van der Waals surface area contributed by atoms with E-state index in [1.54, 1.807) is 17.5 Å². The molecule has 5 nitrogen and oxygen atoms in total. The van der Waals surface area contributed by atoms with E-state index >= 15 is 0 Å². The fraction of sp³-hybridized carbons (Fsp3) is 0.0952. The summed E-state index contributed by atoms with van der Waals surface area (Å²) in [6, 6.07) is 17.1. The Kier molecular flexibility index (Phi) is 4.80. The number of nitrogens with zero attached hydrogens (tertiary/aromatic N) is 2. The van der Waals surface area contributed by atoms with Gasteiger partial charge in [-0.3, -0.25) is 9.78 Å². The molecule has 0 unspecified atom stereocenters. The molecule has 0 atom stereocenters. The van der Waals surface area contributed by atoms with Crippen LogP contribution in [0.2, 0.25) is 0 Å². The molecule has 4 aromatic rings. The van der Waals surface area contributed by atoms with Gasteiger partial charge in [0.2, 0.25) is 0 Å². The van der Waals surface area contributed by atoms with Gasteiger partial charge >= 0.3 is 0 Å². The molecule has 0 radical (unpaired) electrons. The molecular formula is C21H17N3O2S. The molecule has 0 aliphatic carbocycles. The van der Waals surface area contributed by atoms with E-state index in [0.717, 1.165) is 27.2 Å². The van der Waals surface area contributed by atoms with E-state index < -0.39 is 0 Å². The van der Waals surface area contributed by atoms with Crippen molar-refractivity contribution >= 4 is 33.8 Å². The lowest BCUT2D eigenvalue weighted by atomic mass is 10.1. The van der Waals surface area contributed by atoms with Gasteiger partial charge in [0.05, 0.1) is 10.7 Å². The summed E-state index contributed by atoms with van der Waals surface area (Å²) >= 11 is 1.60. The van der Waals surface area contributed by atoms with Gasteiger partial charge in [-0.25, -0.2) is 4.98 Å². The molecule has 4 rings (SSSR count). The highest BCUT2D eigenvalue weighted by molar-refractivity contribution is 7.09. The number of benzene rings is 2. The maximum absolute atomic E-state index is 12.3. The fourth-order valence-corrected chi connectivity index (χ4v) is 3.41. The first-order valence-corrected chi connectivity index (χ1v) is 9.36. The number of ether oxygens (including phenoxy) is 1. The van der Waals surface area contributed by atoms with Gasteiger partial charge < -0.3 is 10.1 Å². The average Bonchev–Trinajstić information content (AvgIpc) is 3.13. The second-order valence-corrected chi connectivity index (χ2v) is 7.06. The lowest BCUT2D eigenvalue weighted by Gasteiger charge is -2.10. The topological polar surface area (TPSA) is 64.1 Å². The number of aryl methyl sites for hydroxylation is 1. The summed E-state index contributed by atoms with van der Waals surface area (Å²) in [4.78, 5) is 21.1. The molecule has 1 amide bonds. The zero-order valence-corrected chi connectivity index (χ0v) is 15.5. The smallest absolute Gasteiger partial charge is 0.262 e. The predicted molar refractivity (Wildman–Crippen MR) is 108 cm³/mol. The number of thiazole rings is 1. The Bertz CT molecular complexity index is 1100. The Labute approximate surface area is 160 Å². The largest absolute Gasteiger partial charge is 0.481 e. The van der Waals surface area contributed by atoms with Crippen molar-refractivity contribution < 1.29 is 9.53 Å². The lowest BCUT2D eigenvalue weighted by molar-refractivity contribution is -0.118. The van der Waals surface area contributed by atoms with Crippen molar-refractivity contribution in [3.8, 4) is 17.0 Å². The number of rotatable bonds is 5. The van der Waals surface area contributed by atoms with Crippen LogP contribution in [0.5, 0.6) is 5.75 Å². The summed E-state index contributed by atoms with van der Waals surface area (Å²) in [6.45, 7) is 1.88. The molecule has 2 heterocycles. The first-order chi connectivity index (χ1) is 13.2. The zero-order valence-electron chi connectivity index (χ0n) is 14.7. The zero-order chi connectivity index (χ0) is 18.6. The third kappa shape index (κ3) is 3.96. The van der Waals surface area contributed by atoms with Crippen LogP contribution in [0.1, 0.15) is 5.01 Å². The molecule has 0 aliphatic heterocycles. The molecule has 27 heavy (non-hydrogen) atoms. The van der Waals surface area contributed by atoms with Crippen molar-refractivity contribution in [1.29, 1.82) is 0 Å². The number of fused-ring (bicyclic) bond motifs is 1. The molecule has 2 aromatic carbocycles. The molecule has 0 saturated carbocycles. The second-order valence-electron chi connectivity index (χ2n) is 6.00. The van der Waals surface area contributed by atoms with Crippen LogP contribution in [0.15, 0.2) is 66.2 Å². The molecule has 0 spiro atoms. The highest BCUT2D eigenvalue weighted by atomic mass is 32.1. The third-order valence-electron chi connectivity index (χ3n) is 4.02. The van der Waals surface area contributed by atoms with Crippen LogP contribution in [-0.2, 0) is 4.79 Å². The molecule has 1 N–H and O–H groups in total. The highest BCUT2D eigenvalue weighted by Crippen LogP contribution is 2.25. The summed E-state index contributed by atoms with van der Waals surface area (Å²) in [6.07, 6.45) is 1.71. The van der Waals surface area contributed by atoms with E-state index in [1.165, 1.54) is 0 Å². The number of hydrogen-bond donors (Lipinski definition) is 1. The lowest BCUT2D eigenvalue weighted by Crippen LogP contribution is -2.20. The van der Waals surface area contributed by atoms with Crippen LogP contribution >= 0.6 is 11.3 Å². The van der Waals surface area contributed by atoms with Crippen molar-refractivity contribution in [1.82, 2.24) is 9.97 Å². The number of nitrogens with one attached hydrogen (secondary N) is 1. The normalized spacial score (nSPS) is 10.7. The summed E-state index contributed by atoms with van der Waals surface area (Å²) in [5.41, 5.74) is 3.33. The molecule has 0 aliphatic rings. The van der Waals surface area contributed by atoms with Crippen LogP contribution in [0.25, 0.3) is 22.2 Å². The number of pyridine rings is 1. The minimum absolute atomic E-state index is 0.0876. The minimum atomic E-state index is -0.227. The van der Waals surface area contributed by atoms with Gasteiger partial charge in [0.15, 0.2) is 6.61 Å². The summed E-state index contributed by atoms with van der Waals surface area (Å²) in [7, 11) is 0. The molecule has 2 aromatic heterocycles. The quantitative estimate of drug-likeness (QED) is 0.550. The Morgan fingerprint density at radius 1 is 1.15 bits per heavy atom. The van der Waals surface area contributed by atoms with E-state index in [4.69, 9.17) is 4.74 Å². The molecule has 134 valence electrons. The predicted octanol–water partition coefficient (Wildman–Crippen LogP) is 4.68. The van der Waals surface area contributed by atoms with Gasteiger partial charge in [-0.2, -0.15) is 0 Å². The molecular weight excluding hydrogens is 358 g/mol. The summed E-state index contributed by atoms with van der Waals surface area (Å²) in [5, 5.41) is 6.86. The number of carbonyl (C=O) groups excluding carboxylic acids is 1. The van der Waals surface area contributed by atoms with Crippen molar-refractivity contribution in [2.75, 3.05) is 11.9 Å². The van der Waals surface area contributed by atoms with E-state index in [-0.39, 0.29) is 12.5 Å². The Morgan fingerprint density at radius 2 is 2.00 bits per heavy atom. The Morgan fingerprint density at radius 3 is 2.85 bits per heavy atom. The standard InChI is InChI=1S/C21H17N3O2S/c1-14-23-18(13-27-14)16-6-2-8-17(11-16)24-20(25)12-26-19-9-3-5-15-7-4-10-22-21(15)19/h2-11,13H,12H2,1H3,(H,24,25). The van der Waals surface area contributed by atoms with Gasteiger partial charge in [0.25, 0.3) is 5.91 Å². The summed E-state index contributed by atoms with van der Waals surface area (Å²) < 4.78 is 5.69. The number of hydrogen-bond acceptors (Lipinski definition) is 5. The van der Waals surface area contributed by atoms with Crippen LogP contribution in [0.4, 0.5) is 5.69 Å². The van der Waals surface area contributed by atoms with E-state index in [1.807, 2.05) is 66.9 Å². The summed E-state index contributed by atoms with van der Waals surface area (Å²) in [5.74, 6) is 0.365. The molecule has 0 fully saturated rings. The van der Waals surface area contributed by atoms with Gasteiger partial charge in [-0.1, -0.05) is 30.3 Å². The van der Waals surface area contributed by atoms with E-state index in [2.05, 4.69) is 15.3 Å². The number of carbonyl (C=O) groups is 1. The minimum Gasteiger partial charge on any atom is -0.481 e. The highest BCUT2D eigenvalue weighted by Gasteiger charge is 2.08. The Balaban J connectivity index is 1.44. The fourth-order valence-electron chi connectivity index (χ4n) is 2.79. The SMILES string of the molecule is Cc1nc(-c2cccc(NC(=O)COc3cccc4cccnc34)c2)cs1. The maximum Gasteiger partial charge on any atom is 0.262 e. The van der Waals surface area contributed by atoms with Crippen molar-refractivity contribution in [3.05, 3.63) is 71.2 Å². The number of para-hydroxylation sites is 1. The van der Waals surface area contributed by atoms with Gasteiger partial charge in [0.1, 0.15) is 11.3 Å². The van der Waals surface area contributed by atoms with Crippen LogP contribution in [0.3, 0.4) is 0 Å². The average molecular weight is 375 g/mol. The van der Waals surface area contributed by atoms with Gasteiger partial charge in [0, 0.05) is 28.2 Å². The number of amides is 1. The Hall–Kier alpha value is -3.25. The van der Waals surface area contributed by atoms with Crippen molar-refractivity contribution in [3.63, 3.8) is 0 Å². The number of aromatic nitrogens is 2. The van der Waals surface area contributed by atoms with Crippen molar-refractivity contribution in [2.24, 2.45) is 0 Å². The molecule has 0 bridgehead atoms. The van der Waals surface area contributed by atoms with Gasteiger partial charge in [-0.05, 0) is 31.2 Å². The van der Waals surface area contributed by atoms with Crippen LogP contribution in [0, 0.1) is 6.92 Å². The number of anilines is 1. The van der Waals surface area contributed by atoms with E-state index in [9.17, 15) is 4.79 Å². The maximum atomic E-state index is 12.3. The van der Waals surface area contributed by atoms with Crippen LogP contribution < -0.4 is 10.1 Å². The van der Waals surface area contributed by atoms with Gasteiger partial charge in [-0.15, -0.1) is 11.3 Å². The first kappa shape index (κ1) is 17.2. The van der Waals surface area contributed by atoms with E-state index in [0.29, 0.717) is 11.4 Å².